The molecule has 1 aromatic rings. The summed E-state index contributed by atoms with van der Waals surface area (Å²) in [4.78, 5) is 4.01. The Kier molecular flexibility index (Phi) is 5.47. The first-order valence-electron chi connectivity index (χ1n) is 9.93. The van der Waals surface area contributed by atoms with Gasteiger partial charge in [-0.3, -0.25) is 4.98 Å². The van der Waals surface area contributed by atoms with E-state index in [9.17, 15) is 8.42 Å². The van der Waals surface area contributed by atoms with E-state index in [0.717, 1.165) is 50.8 Å². The molecule has 3 aliphatic heterocycles. The summed E-state index contributed by atoms with van der Waals surface area (Å²) >= 11 is 0. The minimum atomic E-state index is -3.17. The quantitative estimate of drug-likeness (QED) is 0.787. The van der Waals surface area contributed by atoms with E-state index in [4.69, 9.17) is 4.74 Å². The van der Waals surface area contributed by atoms with Crippen LogP contribution in [0.2, 0.25) is 0 Å². The molecule has 26 heavy (non-hydrogen) atoms. The number of pyridine rings is 1. The molecule has 0 aliphatic carbocycles. The Bertz CT molecular complexity index is 677. The summed E-state index contributed by atoms with van der Waals surface area (Å²) < 4.78 is 33.8. The van der Waals surface area contributed by atoms with Crippen molar-refractivity contribution in [1.82, 2.24) is 14.6 Å². The number of hydrogen-bond acceptors (Lipinski definition) is 5. The molecule has 0 amide bonds. The van der Waals surface area contributed by atoms with Crippen molar-refractivity contribution in [3.63, 3.8) is 0 Å². The summed E-state index contributed by atoms with van der Waals surface area (Å²) in [6.07, 6.45) is 11.2. The minimum absolute atomic E-state index is 0.101. The molecule has 4 heterocycles. The maximum Gasteiger partial charge on any atom is 0.214 e. The van der Waals surface area contributed by atoms with Crippen LogP contribution in [-0.4, -0.2) is 54.2 Å². The van der Waals surface area contributed by atoms with E-state index in [1.165, 1.54) is 12.8 Å². The average Bonchev–Trinajstić information content (AvgIpc) is 3.23. The summed E-state index contributed by atoms with van der Waals surface area (Å²) in [7, 11) is -3.17. The molecule has 0 saturated carbocycles. The number of nitrogens with one attached hydrogen (secondary N) is 1. The van der Waals surface area contributed by atoms with E-state index in [-0.39, 0.29) is 23.9 Å². The zero-order valence-electron chi connectivity index (χ0n) is 15.2. The average molecular weight is 380 g/mol. The van der Waals surface area contributed by atoms with Gasteiger partial charge in [0.1, 0.15) is 11.9 Å². The molecule has 4 atom stereocenters. The number of rotatable bonds is 7. The van der Waals surface area contributed by atoms with Gasteiger partial charge < -0.3 is 10.1 Å². The number of sulfonamides is 1. The molecule has 6 nitrogen and oxygen atoms in total. The Hall–Kier alpha value is -1.18. The number of nitrogens with zero attached hydrogens (tertiary/aromatic N) is 2. The molecule has 3 aliphatic rings. The van der Waals surface area contributed by atoms with E-state index in [2.05, 4.69) is 10.3 Å². The molecular formula is C19H29N3O3S. The monoisotopic (exact) mass is 379 g/mol. The first-order valence-corrected chi connectivity index (χ1v) is 11.5. The molecule has 2 unspecified atom stereocenters. The topological polar surface area (TPSA) is 71.5 Å². The van der Waals surface area contributed by atoms with E-state index >= 15 is 0 Å². The molecule has 1 N–H and O–H groups in total. The molecule has 7 heteroatoms. The highest BCUT2D eigenvalue weighted by Crippen LogP contribution is 2.39. The third-order valence-electron chi connectivity index (χ3n) is 6.01. The SMILES string of the molecule is O=S(=O)(CCCC1CCCN1)N1[C@@H]2CC[C@H]1CC(Oc1ccncc1)C2. The van der Waals surface area contributed by atoms with Crippen molar-refractivity contribution in [2.75, 3.05) is 12.3 Å². The summed E-state index contributed by atoms with van der Waals surface area (Å²) in [6, 6.07) is 4.45. The zero-order valence-corrected chi connectivity index (χ0v) is 16.0. The van der Waals surface area contributed by atoms with Crippen molar-refractivity contribution in [3.8, 4) is 5.75 Å². The first kappa shape index (κ1) is 18.2. The Morgan fingerprint density at radius 1 is 1.15 bits per heavy atom. The number of fused-ring (bicyclic) bond motifs is 2. The zero-order chi connectivity index (χ0) is 18.0. The maximum absolute atomic E-state index is 12.9. The smallest absolute Gasteiger partial charge is 0.214 e. The maximum atomic E-state index is 12.9. The van der Waals surface area contributed by atoms with E-state index < -0.39 is 10.0 Å². The largest absolute Gasteiger partial charge is 0.490 e. The molecule has 0 spiro atoms. The van der Waals surface area contributed by atoms with Gasteiger partial charge in [-0.1, -0.05) is 0 Å². The van der Waals surface area contributed by atoms with E-state index in [1.54, 1.807) is 12.4 Å². The number of aromatic nitrogens is 1. The van der Waals surface area contributed by atoms with Crippen LogP contribution in [-0.2, 0) is 10.0 Å². The van der Waals surface area contributed by atoms with Gasteiger partial charge in [-0.25, -0.2) is 8.42 Å². The highest BCUT2D eigenvalue weighted by molar-refractivity contribution is 7.89. The van der Waals surface area contributed by atoms with Crippen molar-refractivity contribution in [2.24, 2.45) is 0 Å². The van der Waals surface area contributed by atoms with E-state index in [1.807, 2.05) is 16.4 Å². The fourth-order valence-electron chi connectivity index (χ4n) is 4.86. The van der Waals surface area contributed by atoms with Crippen LogP contribution in [0.15, 0.2) is 24.5 Å². The van der Waals surface area contributed by atoms with Crippen LogP contribution >= 0.6 is 0 Å². The standard InChI is InChI=1S/C19H29N3O3S/c23-26(24,12-2-4-15-3-1-9-21-15)22-16-5-6-17(22)14-19(13-16)25-18-7-10-20-11-8-18/h7-8,10-11,15-17,19,21H,1-6,9,12-14H2/t15?,16-,17+,19?. The van der Waals surface area contributed by atoms with Gasteiger partial charge in [0.25, 0.3) is 0 Å². The number of ether oxygens (including phenoxy) is 1. The molecule has 144 valence electrons. The van der Waals surface area contributed by atoms with Gasteiger partial charge in [0.05, 0.1) is 5.75 Å². The molecular weight excluding hydrogens is 350 g/mol. The van der Waals surface area contributed by atoms with Gasteiger partial charge in [0, 0.05) is 43.4 Å². The minimum Gasteiger partial charge on any atom is -0.490 e. The van der Waals surface area contributed by atoms with E-state index in [0.29, 0.717) is 6.04 Å². The second-order valence-electron chi connectivity index (χ2n) is 7.86. The molecule has 2 bridgehead atoms. The lowest BCUT2D eigenvalue weighted by Gasteiger charge is -2.38. The second kappa shape index (κ2) is 7.82. The van der Waals surface area contributed by atoms with Crippen molar-refractivity contribution >= 4 is 10.0 Å². The first-order chi connectivity index (χ1) is 12.6. The Morgan fingerprint density at radius 3 is 2.54 bits per heavy atom. The fraction of sp³-hybridized carbons (Fsp3) is 0.737. The molecule has 3 fully saturated rings. The van der Waals surface area contributed by atoms with Crippen LogP contribution in [0.4, 0.5) is 0 Å². The van der Waals surface area contributed by atoms with Gasteiger partial charge in [-0.15, -0.1) is 0 Å². The van der Waals surface area contributed by atoms with Crippen LogP contribution in [0.3, 0.4) is 0 Å². The molecule has 1 aromatic heterocycles. The second-order valence-corrected chi connectivity index (χ2v) is 9.85. The van der Waals surface area contributed by atoms with Crippen LogP contribution in [0.25, 0.3) is 0 Å². The summed E-state index contributed by atoms with van der Waals surface area (Å²) in [6.45, 7) is 1.08. The predicted molar refractivity (Wildman–Crippen MR) is 101 cm³/mol. The fourth-order valence-corrected chi connectivity index (χ4v) is 6.90. The lowest BCUT2D eigenvalue weighted by Crippen LogP contribution is -2.49. The van der Waals surface area contributed by atoms with Crippen molar-refractivity contribution in [2.45, 2.75) is 75.6 Å². The molecule has 4 rings (SSSR count). The molecule has 0 aromatic carbocycles. The highest BCUT2D eigenvalue weighted by Gasteiger charge is 2.47. The summed E-state index contributed by atoms with van der Waals surface area (Å²) in [5.41, 5.74) is 0. The van der Waals surface area contributed by atoms with Crippen molar-refractivity contribution < 1.29 is 13.2 Å². The van der Waals surface area contributed by atoms with Crippen LogP contribution in [0.1, 0.15) is 51.4 Å². The van der Waals surface area contributed by atoms with Gasteiger partial charge in [0.2, 0.25) is 10.0 Å². The summed E-state index contributed by atoms with van der Waals surface area (Å²) in [5, 5.41) is 3.45. The van der Waals surface area contributed by atoms with Crippen LogP contribution < -0.4 is 10.1 Å². The lowest BCUT2D eigenvalue weighted by atomic mass is 10.0. The molecule has 3 saturated heterocycles. The normalized spacial score (nSPS) is 32.0. The third kappa shape index (κ3) is 4.05. The van der Waals surface area contributed by atoms with Crippen molar-refractivity contribution in [1.29, 1.82) is 0 Å². The predicted octanol–water partition coefficient (Wildman–Crippen LogP) is 2.32. The van der Waals surface area contributed by atoms with Gasteiger partial charge in [-0.05, 0) is 57.2 Å². The Morgan fingerprint density at radius 2 is 1.88 bits per heavy atom. The number of piperidine rings is 1. The molecule has 0 radical (unpaired) electrons. The van der Waals surface area contributed by atoms with Crippen LogP contribution in [0.5, 0.6) is 5.75 Å². The third-order valence-corrected chi connectivity index (χ3v) is 8.06. The van der Waals surface area contributed by atoms with Crippen molar-refractivity contribution in [3.05, 3.63) is 24.5 Å². The van der Waals surface area contributed by atoms with Gasteiger partial charge in [-0.2, -0.15) is 4.31 Å². The Balaban J connectivity index is 1.33. The highest BCUT2D eigenvalue weighted by atomic mass is 32.2. The number of hydrogen-bond donors (Lipinski definition) is 1. The van der Waals surface area contributed by atoms with Gasteiger partial charge >= 0.3 is 0 Å². The summed E-state index contributed by atoms with van der Waals surface area (Å²) in [5.74, 6) is 1.11. The van der Waals surface area contributed by atoms with Gasteiger partial charge in [0.15, 0.2) is 0 Å². The lowest BCUT2D eigenvalue weighted by molar-refractivity contribution is 0.0956. The Labute approximate surface area is 156 Å². The van der Waals surface area contributed by atoms with Crippen LogP contribution in [0, 0.1) is 0 Å².